The van der Waals surface area contributed by atoms with Crippen LogP contribution in [0.2, 0.25) is 5.02 Å². The molecule has 0 saturated heterocycles. The summed E-state index contributed by atoms with van der Waals surface area (Å²) < 4.78 is 1.64. The Hall–Kier alpha value is -2.64. The molecule has 0 aliphatic heterocycles. The van der Waals surface area contributed by atoms with E-state index in [-0.39, 0.29) is 5.91 Å². The summed E-state index contributed by atoms with van der Waals surface area (Å²) in [7, 11) is 1.51. The maximum atomic E-state index is 12.2. The van der Waals surface area contributed by atoms with Crippen molar-refractivity contribution in [3.63, 3.8) is 0 Å². The van der Waals surface area contributed by atoms with E-state index in [1.54, 1.807) is 47.4 Å². The highest BCUT2D eigenvalue weighted by molar-refractivity contribution is 6.37. The molecule has 0 unspecified atom stereocenters. The zero-order chi connectivity index (χ0) is 16.4. The van der Waals surface area contributed by atoms with E-state index in [4.69, 9.17) is 16.4 Å². The molecule has 1 amide bonds. The molecular weight excluding hydrogens is 318 g/mol. The van der Waals surface area contributed by atoms with Gasteiger partial charge in [0, 0.05) is 25.4 Å². The zero-order valence-corrected chi connectivity index (χ0v) is 13.3. The molecule has 3 aromatic heterocycles. The van der Waals surface area contributed by atoms with E-state index >= 15 is 0 Å². The monoisotopic (exact) mass is 331 g/mol. The van der Waals surface area contributed by atoms with E-state index in [0.717, 1.165) is 0 Å². The van der Waals surface area contributed by atoms with Crippen LogP contribution in [0.3, 0.4) is 0 Å². The van der Waals surface area contributed by atoms with E-state index < -0.39 is 0 Å². The summed E-state index contributed by atoms with van der Waals surface area (Å²) in [5.41, 5.74) is 4.63. The number of aromatic nitrogens is 3. The summed E-state index contributed by atoms with van der Waals surface area (Å²) >= 11 is 6.45. The number of hydrogen-bond acceptors (Lipinski definition) is 5. The molecule has 3 aromatic rings. The Morgan fingerprint density at radius 1 is 1.35 bits per heavy atom. The van der Waals surface area contributed by atoms with Crippen LogP contribution in [0.4, 0.5) is 17.2 Å². The normalized spacial score (nSPS) is 10.7. The first-order valence-corrected chi connectivity index (χ1v) is 7.17. The molecule has 1 N–H and O–H groups in total. The fourth-order valence-corrected chi connectivity index (χ4v) is 2.60. The quantitative estimate of drug-likeness (QED) is 0.744. The Morgan fingerprint density at radius 2 is 2.17 bits per heavy atom. The molecule has 8 heteroatoms. The predicted molar refractivity (Wildman–Crippen MR) is 87.9 cm³/mol. The van der Waals surface area contributed by atoms with Gasteiger partial charge < -0.3 is 0 Å². The minimum Gasteiger partial charge on any atom is -0.279 e. The standard InChI is InChI=1S/C15H14ClN5O2/c1-10(22)21(14-9-11(19-23-2)3-6-17-14)13-5-8-20-12(15(13)16)4-7-18-20/h3-9H,1-2H3,(H,17,19). The molecule has 0 spiro atoms. The fraction of sp³-hybridized carbons (Fsp3) is 0.133. The van der Waals surface area contributed by atoms with Gasteiger partial charge in [-0.1, -0.05) is 11.6 Å². The van der Waals surface area contributed by atoms with Gasteiger partial charge in [-0.15, -0.1) is 0 Å². The number of hydrogen-bond donors (Lipinski definition) is 1. The lowest BCUT2D eigenvalue weighted by molar-refractivity contribution is -0.115. The number of carbonyl (C=O) groups is 1. The van der Waals surface area contributed by atoms with Gasteiger partial charge in [-0.3, -0.25) is 20.0 Å². The summed E-state index contributed by atoms with van der Waals surface area (Å²) in [6.45, 7) is 1.45. The molecule has 0 aliphatic rings. The average molecular weight is 332 g/mol. The second-order valence-corrected chi connectivity index (χ2v) is 5.12. The SMILES string of the molecule is CONc1ccnc(N(C(C)=O)c2ccn3nccc3c2Cl)c1. The van der Waals surface area contributed by atoms with E-state index in [9.17, 15) is 4.79 Å². The number of rotatable bonds is 4. The Balaban J connectivity index is 2.12. The van der Waals surface area contributed by atoms with Crippen LogP contribution in [0.1, 0.15) is 6.92 Å². The number of pyridine rings is 2. The van der Waals surface area contributed by atoms with Crippen molar-refractivity contribution in [3.8, 4) is 0 Å². The number of fused-ring (bicyclic) bond motifs is 1. The van der Waals surface area contributed by atoms with Gasteiger partial charge >= 0.3 is 0 Å². The van der Waals surface area contributed by atoms with Crippen LogP contribution in [0, 0.1) is 0 Å². The minimum absolute atomic E-state index is 0.210. The third-order valence-electron chi connectivity index (χ3n) is 3.24. The lowest BCUT2D eigenvalue weighted by Gasteiger charge is -2.22. The molecule has 0 atom stereocenters. The first kappa shape index (κ1) is 15.3. The van der Waals surface area contributed by atoms with Gasteiger partial charge in [0.05, 0.1) is 35.2 Å². The van der Waals surface area contributed by atoms with Gasteiger partial charge in [-0.2, -0.15) is 5.10 Å². The summed E-state index contributed by atoms with van der Waals surface area (Å²) in [5.74, 6) is 0.225. The van der Waals surface area contributed by atoms with Gasteiger partial charge in [-0.05, 0) is 18.2 Å². The highest BCUT2D eigenvalue weighted by atomic mass is 35.5. The number of halogens is 1. The van der Waals surface area contributed by atoms with Gasteiger partial charge in [0.1, 0.15) is 5.82 Å². The molecule has 0 fully saturated rings. The predicted octanol–water partition coefficient (Wildman–Crippen LogP) is 3.04. The van der Waals surface area contributed by atoms with Crippen LogP contribution in [-0.4, -0.2) is 27.6 Å². The maximum Gasteiger partial charge on any atom is 0.229 e. The lowest BCUT2D eigenvalue weighted by Crippen LogP contribution is -2.24. The van der Waals surface area contributed by atoms with Crippen molar-refractivity contribution in [1.82, 2.24) is 14.6 Å². The molecule has 118 valence electrons. The van der Waals surface area contributed by atoms with E-state index in [1.165, 1.54) is 18.9 Å². The number of nitrogens with one attached hydrogen (secondary N) is 1. The summed E-state index contributed by atoms with van der Waals surface area (Å²) in [6, 6.07) is 6.93. The van der Waals surface area contributed by atoms with E-state index in [1.807, 2.05) is 0 Å². The Kier molecular flexibility index (Phi) is 4.14. The number of carbonyl (C=O) groups excluding carboxylic acids is 1. The van der Waals surface area contributed by atoms with Gasteiger partial charge in [-0.25, -0.2) is 9.50 Å². The Bertz CT molecular complexity index is 864. The minimum atomic E-state index is -0.210. The maximum absolute atomic E-state index is 12.2. The second-order valence-electron chi connectivity index (χ2n) is 4.74. The average Bonchev–Trinajstić information content (AvgIpc) is 3.00. The highest BCUT2D eigenvalue weighted by Gasteiger charge is 2.20. The van der Waals surface area contributed by atoms with Gasteiger partial charge in [0.15, 0.2) is 0 Å². The Morgan fingerprint density at radius 3 is 2.91 bits per heavy atom. The van der Waals surface area contributed by atoms with E-state index in [2.05, 4.69) is 15.6 Å². The third kappa shape index (κ3) is 2.84. The van der Waals surface area contributed by atoms with Crippen molar-refractivity contribution in [2.24, 2.45) is 0 Å². The smallest absolute Gasteiger partial charge is 0.229 e. The van der Waals surface area contributed by atoms with Crippen LogP contribution in [0.25, 0.3) is 5.52 Å². The summed E-state index contributed by atoms with van der Waals surface area (Å²) in [6.07, 6.45) is 4.96. The molecule has 3 heterocycles. The van der Waals surface area contributed by atoms with Crippen molar-refractivity contribution in [2.45, 2.75) is 6.92 Å². The molecule has 0 bridgehead atoms. The largest absolute Gasteiger partial charge is 0.279 e. The number of nitrogens with zero attached hydrogens (tertiary/aromatic N) is 4. The van der Waals surface area contributed by atoms with Crippen molar-refractivity contribution >= 4 is 40.2 Å². The van der Waals surface area contributed by atoms with Crippen molar-refractivity contribution in [1.29, 1.82) is 0 Å². The molecule has 0 saturated carbocycles. The molecule has 0 aliphatic carbocycles. The van der Waals surface area contributed by atoms with Crippen molar-refractivity contribution in [3.05, 3.63) is 47.9 Å². The molecule has 7 nitrogen and oxygen atoms in total. The Labute approximate surface area is 137 Å². The molecular formula is C15H14ClN5O2. The van der Waals surface area contributed by atoms with Gasteiger partial charge in [0.25, 0.3) is 0 Å². The van der Waals surface area contributed by atoms with Crippen LogP contribution >= 0.6 is 11.6 Å². The number of anilines is 3. The number of amides is 1. The molecule has 3 rings (SSSR count). The zero-order valence-electron chi connectivity index (χ0n) is 12.5. The molecule has 23 heavy (non-hydrogen) atoms. The lowest BCUT2D eigenvalue weighted by atomic mass is 10.3. The van der Waals surface area contributed by atoms with Crippen LogP contribution < -0.4 is 10.4 Å². The molecule has 0 radical (unpaired) electrons. The first-order chi connectivity index (χ1) is 11.1. The van der Waals surface area contributed by atoms with Gasteiger partial charge in [0.2, 0.25) is 5.91 Å². The van der Waals surface area contributed by atoms with Crippen molar-refractivity contribution < 1.29 is 9.63 Å². The molecule has 0 aromatic carbocycles. The van der Waals surface area contributed by atoms with Crippen LogP contribution in [0.5, 0.6) is 0 Å². The first-order valence-electron chi connectivity index (χ1n) is 6.79. The highest BCUT2D eigenvalue weighted by Crippen LogP contribution is 2.34. The fourth-order valence-electron chi connectivity index (χ4n) is 2.30. The summed E-state index contributed by atoms with van der Waals surface area (Å²) in [5, 5.41) is 4.55. The summed E-state index contributed by atoms with van der Waals surface area (Å²) in [4.78, 5) is 22.8. The third-order valence-corrected chi connectivity index (χ3v) is 3.63. The van der Waals surface area contributed by atoms with E-state index in [0.29, 0.717) is 27.7 Å². The van der Waals surface area contributed by atoms with Crippen LogP contribution in [0.15, 0.2) is 42.9 Å². The van der Waals surface area contributed by atoms with Crippen molar-refractivity contribution in [2.75, 3.05) is 17.5 Å². The van der Waals surface area contributed by atoms with Crippen LogP contribution in [-0.2, 0) is 9.63 Å². The second kappa shape index (κ2) is 6.23. The topological polar surface area (TPSA) is 71.8 Å².